The molecule has 0 bridgehead atoms. The van der Waals surface area contributed by atoms with Crippen molar-refractivity contribution < 1.29 is 0 Å². The summed E-state index contributed by atoms with van der Waals surface area (Å²) in [6, 6.07) is 1.81. The van der Waals surface area contributed by atoms with E-state index in [0.717, 1.165) is 31.6 Å². The van der Waals surface area contributed by atoms with Crippen LogP contribution in [0.25, 0.3) is 0 Å². The molecule has 0 amide bonds. The van der Waals surface area contributed by atoms with Gasteiger partial charge >= 0.3 is 0 Å². The van der Waals surface area contributed by atoms with Crippen LogP contribution in [0.15, 0.2) is 10.9 Å². The molecule has 0 aromatic carbocycles. The SMILES string of the molecule is O=c1cc2c(nn1CN1CCCCC1)CCCC2. The van der Waals surface area contributed by atoms with Crippen LogP contribution in [0.5, 0.6) is 0 Å². The molecule has 0 saturated carbocycles. The zero-order valence-corrected chi connectivity index (χ0v) is 10.9. The summed E-state index contributed by atoms with van der Waals surface area (Å²) in [5.41, 5.74) is 2.40. The molecule has 1 saturated heterocycles. The maximum absolute atomic E-state index is 12.0. The van der Waals surface area contributed by atoms with Crippen LogP contribution in [0.3, 0.4) is 0 Å². The van der Waals surface area contributed by atoms with Crippen LogP contribution in [0.4, 0.5) is 0 Å². The lowest BCUT2D eigenvalue weighted by atomic mass is 9.97. The van der Waals surface area contributed by atoms with Gasteiger partial charge in [-0.25, -0.2) is 4.68 Å². The Labute approximate surface area is 108 Å². The molecule has 2 heterocycles. The average molecular weight is 247 g/mol. The van der Waals surface area contributed by atoms with E-state index in [1.807, 2.05) is 6.07 Å². The van der Waals surface area contributed by atoms with Gasteiger partial charge in [-0.05, 0) is 57.2 Å². The van der Waals surface area contributed by atoms with E-state index < -0.39 is 0 Å². The van der Waals surface area contributed by atoms with Gasteiger partial charge in [0, 0.05) is 6.07 Å². The summed E-state index contributed by atoms with van der Waals surface area (Å²) < 4.78 is 1.66. The first-order valence-electron chi connectivity index (χ1n) is 7.15. The normalized spacial score (nSPS) is 20.7. The molecule has 1 fully saturated rings. The molecular weight excluding hydrogens is 226 g/mol. The Bertz CT molecular complexity index is 474. The summed E-state index contributed by atoms with van der Waals surface area (Å²) in [7, 11) is 0. The van der Waals surface area contributed by atoms with Crippen molar-refractivity contribution in [3.63, 3.8) is 0 Å². The topological polar surface area (TPSA) is 38.1 Å². The van der Waals surface area contributed by atoms with Crippen LogP contribution in [-0.2, 0) is 19.5 Å². The molecule has 0 N–H and O–H groups in total. The Balaban J connectivity index is 1.80. The number of piperidine rings is 1. The smallest absolute Gasteiger partial charge is 0.268 e. The molecule has 3 rings (SSSR count). The fourth-order valence-electron chi connectivity index (χ4n) is 2.99. The highest BCUT2D eigenvalue weighted by Crippen LogP contribution is 2.17. The monoisotopic (exact) mass is 247 g/mol. The van der Waals surface area contributed by atoms with Gasteiger partial charge in [-0.1, -0.05) is 6.42 Å². The van der Waals surface area contributed by atoms with E-state index in [1.54, 1.807) is 4.68 Å². The Morgan fingerprint density at radius 3 is 2.67 bits per heavy atom. The van der Waals surface area contributed by atoms with Crippen molar-refractivity contribution in [2.45, 2.75) is 51.6 Å². The number of likely N-dealkylation sites (tertiary alicyclic amines) is 1. The Morgan fingerprint density at radius 2 is 1.83 bits per heavy atom. The predicted molar refractivity (Wildman–Crippen MR) is 70.6 cm³/mol. The molecule has 98 valence electrons. The largest absolute Gasteiger partial charge is 0.284 e. The summed E-state index contributed by atoms with van der Waals surface area (Å²) >= 11 is 0. The van der Waals surface area contributed by atoms with E-state index >= 15 is 0 Å². The van der Waals surface area contributed by atoms with Crippen LogP contribution < -0.4 is 5.56 Å². The second kappa shape index (κ2) is 5.22. The summed E-state index contributed by atoms with van der Waals surface area (Å²) in [6.07, 6.45) is 8.30. The molecule has 0 unspecified atom stereocenters. The van der Waals surface area contributed by atoms with E-state index in [4.69, 9.17) is 0 Å². The van der Waals surface area contributed by atoms with E-state index in [-0.39, 0.29) is 5.56 Å². The summed E-state index contributed by atoms with van der Waals surface area (Å²) in [5, 5.41) is 4.57. The first kappa shape index (κ1) is 11.9. The van der Waals surface area contributed by atoms with E-state index in [2.05, 4.69) is 10.00 Å². The number of fused-ring (bicyclic) bond motifs is 1. The van der Waals surface area contributed by atoms with Crippen molar-refractivity contribution >= 4 is 0 Å². The van der Waals surface area contributed by atoms with Crippen LogP contribution >= 0.6 is 0 Å². The lowest BCUT2D eigenvalue weighted by Gasteiger charge is -2.27. The van der Waals surface area contributed by atoms with Crippen LogP contribution in [0, 0.1) is 0 Å². The number of aryl methyl sites for hydroxylation is 2. The second-order valence-electron chi connectivity index (χ2n) is 5.48. The van der Waals surface area contributed by atoms with E-state index in [9.17, 15) is 4.79 Å². The zero-order valence-electron chi connectivity index (χ0n) is 10.9. The third kappa shape index (κ3) is 2.48. The highest BCUT2D eigenvalue weighted by atomic mass is 16.1. The highest BCUT2D eigenvalue weighted by molar-refractivity contribution is 5.20. The van der Waals surface area contributed by atoms with Crippen LogP contribution in [-0.4, -0.2) is 27.8 Å². The maximum atomic E-state index is 12.0. The van der Waals surface area contributed by atoms with Gasteiger partial charge in [0.25, 0.3) is 5.56 Å². The molecule has 1 aliphatic carbocycles. The van der Waals surface area contributed by atoms with Crippen molar-refractivity contribution in [3.8, 4) is 0 Å². The maximum Gasteiger partial charge on any atom is 0.268 e. The number of nitrogens with zero attached hydrogens (tertiary/aromatic N) is 3. The Morgan fingerprint density at radius 1 is 1.06 bits per heavy atom. The molecule has 0 spiro atoms. The fourth-order valence-corrected chi connectivity index (χ4v) is 2.99. The molecule has 18 heavy (non-hydrogen) atoms. The average Bonchev–Trinajstić information content (AvgIpc) is 2.41. The third-order valence-corrected chi connectivity index (χ3v) is 4.06. The molecule has 1 aliphatic heterocycles. The van der Waals surface area contributed by atoms with Crippen molar-refractivity contribution in [2.75, 3.05) is 13.1 Å². The number of hydrogen-bond acceptors (Lipinski definition) is 3. The lowest BCUT2D eigenvalue weighted by Crippen LogP contribution is -2.37. The molecular formula is C14H21N3O. The Kier molecular flexibility index (Phi) is 3.46. The molecule has 4 heteroatoms. The van der Waals surface area contributed by atoms with Crippen molar-refractivity contribution in [1.82, 2.24) is 14.7 Å². The quantitative estimate of drug-likeness (QED) is 0.796. The van der Waals surface area contributed by atoms with Gasteiger partial charge in [-0.15, -0.1) is 0 Å². The summed E-state index contributed by atoms with van der Waals surface area (Å²) in [4.78, 5) is 14.4. The number of rotatable bonds is 2. The lowest BCUT2D eigenvalue weighted by molar-refractivity contribution is 0.168. The summed E-state index contributed by atoms with van der Waals surface area (Å²) in [6.45, 7) is 2.88. The third-order valence-electron chi connectivity index (χ3n) is 4.06. The molecule has 0 radical (unpaired) electrons. The van der Waals surface area contributed by atoms with Gasteiger partial charge in [0.05, 0.1) is 12.4 Å². The molecule has 2 aliphatic rings. The van der Waals surface area contributed by atoms with Gasteiger partial charge in [0.1, 0.15) is 0 Å². The second-order valence-corrected chi connectivity index (χ2v) is 5.48. The minimum Gasteiger partial charge on any atom is -0.284 e. The van der Waals surface area contributed by atoms with Gasteiger partial charge in [-0.3, -0.25) is 9.69 Å². The zero-order chi connectivity index (χ0) is 12.4. The first-order chi connectivity index (χ1) is 8.83. The summed E-state index contributed by atoms with van der Waals surface area (Å²) in [5.74, 6) is 0. The minimum absolute atomic E-state index is 0.0706. The fraction of sp³-hybridized carbons (Fsp3) is 0.714. The van der Waals surface area contributed by atoms with Crippen LogP contribution in [0.2, 0.25) is 0 Å². The highest BCUT2D eigenvalue weighted by Gasteiger charge is 2.15. The molecule has 1 aromatic heterocycles. The van der Waals surface area contributed by atoms with E-state index in [1.165, 1.54) is 37.7 Å². The van der Waals surface area contributed by atoms with Gasteiger partial charge in [0.2, 0.25) is 0 Å². The molecule has 4 nitrogen and oxygen atoms in total. The number of hydrogen-bond donors (Lipinski definition) is 0. The van der Waals surface area contributed by atoms with Crippen LogP contribution in [0.1, 0.15) is 43.4 Å². The number of aromatic nitrogens is 2. The van der Waals surface area contributed by atoms with Crippen molar-refractivity contribution in [2.24, 2.45) is 0 Å². The van der Waals surface area contributed by atoms with Gasteiger partial charge in [-0.2, -0.15) is 5.10 Å². The van der Waals surface area contributed by atoms with Crippen molar-refractivity contribution in [3.05, 3.63) is 27.7 Å². The first-order valence-corrected chi connectivity index (χ1v) is 7.15. The molecule has 0 atom stereocenters. The minimum atomic E-state index is 0.0706. The van der Waals surface area contributed by atoms with Crippen molar-refractivity contribution in [1.29, 1.82) is 0 Å². The molecule has 1 aromatic rings. The van der Waals surface area contributed by atoms with Gasteiger partial charge < -0.3 is 0 Å². The standard InChI is InChI=1S/C14H21N3O/c18-14-10-12-6-2-3-7-13(12)15-17(14)11-16-8-4-1-5-9-16/h10H,1-9,11H2. The van der Waals surface area contributed by atoms with Gasteiger partial charge in [0.15, 0.2) is 0 Å². The predicted octanol–water partition coefficient (Wildman–Crippen LogP) is 1.57. The Hall–Kier alpha value is -1.16. The van der Waals surface area contributed by atoms with E-state index in [0.29, 0.717) is 6.67 Å².